The van der Waals surface area contributed by atoms with Gasteiger partial charge in [-0.05, 0) is 6.92 Å². The number of Topliss-reactive ketones (excluding diaryl/α,β-unsaturated/α-hetero) is 1. The van der Waals surface area contributed by atoms with Gasteiger partial charge < -0.3 is 4.90 Å². The highest BCUT2D eigenvalue weighted by Gasteiger charge is 2.27. The third-order valence-electron chi connectivity index (χ3n) is 2.26. The number of carbonyl (C=O) groups is 2. The monoisotopic (exact) mass is 205 g/mol. The zero-order valence-corrected chi connectivity index (χ0v) is 8.43. The van der Waals surface area contributed by atoms with Crippen molar-refractivity contribution in [2.45, 2.75) is 19.9 Å². The molecule has 5 nitrogen and oxygen atoms in total. The van der Waals surface area contributed by atoms with Gasteiger partial charge in [0.05, 0.1) is 37.1 Å². The molecule has 2 heterocycles. The number of nitrogens with zero attached hydrogens (tertiary/aromatic N) is 3. The van der Waals surface area contributed by atoms with Crippen molar-refractivity contribution in [3.05, 3.63) is 23.8 Å². The minimum absolute atomic E-state index is 0.0271. The van der Waals surface area contributed by atoms with Crippen LogP contribution in [0.3, 0.4) is 0 Å². The Balaban J connectivity index is 2.06. The van der Waals surface area contributed by atoms with Gasteiger partial charge in [0.1, 0.15) is 0 Å². The fourth-order valence-electron chi connectivity index (χ4n) is 1.48. The smallest absolute Gasteiger partial charge is 0.230 e. The Morgan fingerprint density at radius 1 is 1.33 bits per heavy atom. The number of aryl methyl sites for hydroxylation is 1. The number of likely N-dealkylation sites (tertiary alicyclic amines) is 1. The lowest BCUT2D eigenvalue weighted by Crippen LogP contribution is -2.25. The van der Waals surface area contributed by atoms with Crippen LogP contribution in [0.25, 0.3) is 0 Å². The average molecular weight is 205 g/mol. The Morgan fingerprint density at radius 2 is 2.13 bits per heavy atom. The normalized spacial score (nSPS) is 16.2. The van der Waals surface area contributed by atoms with Gasteiger partial charge >= 0.3 is 0 Å². The van der Waals surface area contributed by atoms with Gasteiger partial charge in [-0.3, -0.25) is 19.6 Å². The van der Waals surface area contributed by atoms with Crippen molar-refractivity contribution in [2.24, 2.45) is 0 Å². The number of rotatable bonds is 2. The molecule has 15 heavy (non-hydrogen) atoms. The Kier molecular flexibility index (Phi) is 2.45. The first kappa shape index (κ1) is 9.76. The molecule has 1 aromatic heterocycles. The largest absolute Gasteiger partial charge is 0.329 e. The molecule has 1 amide bonds. The van der Waals surface area contributed by atoms with Crippen molar-refractivity contribution in [1.82, 2.24) is 14.9 Å². The van der Waals surface area contributed by atoms with Crippen LogP contribution >= 0.6 is 0 Å². The molecule has 0 atom stereocenters. The number of hydrogen-bond acceptors (Lipinski definition) is 4. The van der Waals surface area contributed by atoms with Crippen molar-refractivity contribution in [2.75, 3.05) is 6.54 Å². The van der Waals surface area contributed by atoms with E-state index in [-0.39, 0.29) is 24.7 Å². The summed E-state index contributed by atoms with van der Waals surface area (Å²) in [5.74, 6) is -0.151. The molecule has 2 rings (SSSR count). The minimum Gasteiger partial charge on any atom is -0.329 e. The van der Waals surface area contributed by atoms with E-state index >= 15 is 0 Å². The van der Waals surface area contributed by atoms with Crippen LogP contribution in [0.5, 0.6) is 0 Å². The van der Waals surface area contributed by atoms with Crippen LogP contribution in [0.1, 0.15) is 17.8 Å². The summed E-state index contributed by atoms with van der Waals surface area (Å²) in [6, 6.07) is 0. The zero-order chi connectivity index (χ0) is 10.8. The van der Waals surface area contributed by atoms with Gasteiger partial charge in [0.2, 0.25) is 5.91 Å². The molecular formula is C10H11N3O2. The summed E-state index contributed by atoms with van der Waals surface area (Å²) in [4.78, 5) is 32.0. The van der Waals surface area contributed by atoms with Gasteiger partial charge in [-0.25, -0.2) is 0 Å². The van der Waals surface area contributed by atoms with Crippen LogP contribution in [0.15, 0.2) is 12.4 Å². The molecule has 0 aromatic carbocycles. The van der Waals surface area contributed by atoms with E-state index in [1.807, 2.05) is 6.92 Å². The van der Waals surface area contributed by atoms with Gasteiger partial charge in [-0.2, -0.15) is 0 Å². The van der Waals surface area contributed by atoms with Crippen LogP contribution in [0.4, 0.5) is 0 Å². The number of aromatic nitrogens is 2. The molecule has 0 spiro atoms. The van der Waals surface area contributed by atoms with Crippen molar-refractivity contribution in [3.8, 4) is 0 Å². The molecule has 0 N–H and O–H groups in total. The Hall–Kier alpha value is -1.78. The molecule has 1 aliphatic heterocycles. The number of carbonyl (C=O) groups excluding carboxylic acids is 2. The van der Waals surface area contributed by atoms with E-state index in [1.54, 1.807) is 12.4 Å². The molecule has 0 radical (unpaired) electrons. The van der Waals surface area contributed by atoms with Gasteiger partial charge in [-0.1, -0.05) is 0 Å². The molecule has 1 aliphatic rings. The average Bonchev–Trinajstić information content (AvgIpc) is 2.49. The maximum absolute atomic E-state index is 11.3. The van der Waals surface area contributed by atoms with E-state index in [1.165, 1.54) is 4.90 Å². The SMILES string of the molecule is Cc1cnc(CN2CC(=O)CC2=O)cn1. The molecule has 78 valence electrons. The van der Waals surface area contributed by atoms with Crippen molar-refractivity contribution >= 4 is 11.7 Å². The summed E-state index contributed by atoms with van der Waals surface area (Å²) < 4.78 is 0. The first-order valence-electron chi connectivity index (χ1n) is 4.72. The maximum atomic E-state index is 11.3. The van der Waals surface area contributed by atoms with Crippen molar-refractivity contribution < 1.29 is 9.59 Å². The van der Waals surface area contributed by atoms with E-state index in [4.69, 9.17) is 0 Å². The highest BCUT2D eigenvalue weighted by atomic mass is 16.2. The lowest BCUT2D eigenvalue weighted by atomic mass is 10.3. The predicted molar refractivity (Wildman–Crippen MR) is 51.8 cm³/mol. The van der Waals surface area contributed by atoms with Crippen molar-refractivity contribution in [3.63, 3.8) is 0 Å². The fraction of sp³-hybridized carbons (Fsp3) is 0.400. The minimum atomic E-state index is -0.123. The van der Waals surface area contributed by atoms with Crippen molar-refractivity contribution in [1.29, 1.82) is 0 Å². The second-order valence-corrected chi connectivity index (χ2v) is 3.61. The molecule has 1 fully saturated rings. The molecule has 0 unspecified atom stereocenters. The summed E-state index contributed by atoms with van der Waals surface area (Å²) in [6.07, 6.45) is 3.31. The maximum Gasteiger partial charge on any atom is 0.230 e. The van der Waals surface area contributed by atoms with Crippen LogP contribution in [0.2, 0.25) is 0 Å². The second-order valence-electron chi connectivity index (χ2n) is 3.61. The lowest BCUT2D eigenvalue weighted by Gasteiger charge is -2.13. The topological polar surface area (TPSA) is 63.2 Å². The molecule has 0 saturated carbocycles. The third-order valence-corrected chi connectivity index (χ3v) is 2.26. The van der Waals surface area contributed by atoms with Crippen LogP contribution in [0, 0.1) is 6.92 Å². The summed E-state index contributed by atoms with van der Waals surface area (Å²) in [6.45, 7) is 2.42. The summed E-state index contributed by atoms with van der Waals surface area (Å²) >= 11 is 0. The van der Waals surface area contributed by atoms with Crippen LogP contribution < -0.4 is 0 Å². The molecular weight excluding hydrogens is 194 g/mol. The fourth-order valence-corrected chi connectivity index (χ4v) is 1.48. The molecule has 5 heteroatoms. The molecule has 1 saturated heterocycles. The summed E-state index contributed by atoms with van der Waals surface area (Å²) in [5.41, 5.74) is 1.55. The quantitative estimate of drug-likeness (QED) is 0.642. The van der Waals surface area contributed by atoms with E-state index in [0.29, 0.717) is 12.2 Å². The Labute approximate surface area is 87.1 Å². The standard InChI is InChI=1S/C10H11N3O2/c1-7-3-12-8(4-11-7)5-13-6-9(14)2-10(13)15/h3-4H,2,5-6H2,1H3. The van der Waals surface area contributed by atoms with Gasteiger partial charge in [0.25, 0.3) is 0 Å². The van der Waals surface area contributed by atoms with Crippen LogP contribution in [-0.4, -0.2) is 33.1 Å². The molecule has 1 aromatic rings. The Morgan fingerprint density at radius 3 is 2.67 bits per heavy atom. The highest BCUT2D eigenvalue weighted by Crippen LogP contribution is 2.10. The van der Waals surface area contributed by atoms with Gasteiger partial charge in [0.15, 0.2) is 5.78 Å². The number of amides is 1. The van der Waals surface area contributed by atoms with E-state index in [0.717, 1.165) is 5.69 Å². The van der Waals surface area contributed by atoms with E-state index in [2.05, 4.69) is 9.97 Å². The van der Waals surface area contributed by atoms with E-state index in [9.17, 15) is 9.59 Å². The predicted octanol–water partition coefficient (Wildman–Crippen LogP) is 0.0864. The summed E-state index contributed by atoms with van der Waals surface area (Å²) in [5, 5.41) is 0. The molecule has 0 bridgehead atoms. The van der Waals surface area contributed by atoms with Gasteiger partial charge in [-0.15, -0.1) is 0 Å². The third kappa shape index (κ3) is 2.18. The molecule has 0 aliphatic carbocycles. The van der Waals surface area contributed by atoms with E-state index < -0.39 is 0 Å². The Bertz CT molecular complexity index is 400. The first-order chi connectivity index (χ1) is 7.15. The summed E-state index contributed by atoms with van der Waals surface area (Å²) in [7, 11) is 0. The number of ketones is 1. The second kappa shape index (κ2) is 3.76. The van der Waals surface area contributed by atoms with Crippen LogP contribution in [-0.2, 0) is 16.1 Å². The first-order valence-corrected chi connectivity index (χ1v) is 4.72. The number of hydrogen-bond donors (Lipinski definition) is 0. The van der Waals surface area contributed by atoms with Gasteiger partial charge in [0, 0.05) is 6.20 Å². The highest BCUT2D eigenvalue weighted by molar-refractivity contribution is 6.05. The lowest BCUT2D eigenvalue weighted by molar-refractivity contribution is -0.128. The zero-order valence-electron chi connectivity index (χ0n) is 8.43.